The van der Waals surface area contributed by atoms with Crippen molar-refractivity contribution in [3.63, 3.8) is 0 Å². The van der Waals surface area contributed by atoms with E-state index < -0.39 is 5.95 Å². The van der Waals surface area contributed by atoms with Gasteiger partial charge in [-0.1, -0.05) is 0 Å². The van der Waals surface area contributed by atoms with E-state index in [1.165, 1.54) is 12.3 Å². The Morgan fingerprint density at radius 2 is 2.20 bits per heavy atom. The molecule has 3 rings (SSSR count). The first-order valence-corrected chi connectivity index (χ1v) is 6.81. The van der Waals surface area contributed by atoms with Crippen LogP contribution in [-0.4, -0.2) is 34.3 Å². The first-order chi connectivity index (χ1) is 9.56. The van der Waals surface area contributed by atoms with Gasteiger partial charge in [0.15, 0.2) is 0 Å². The number of halogens is 1. The first-order valence-electron chi connectivity index (χ1n) is 6.81. The minimum absolute atomic E-state index is 0.105. The molecule has 0 radical (unpaired) electrons. The number of aromatic nitrogens is 1. The van der Waals surface area contributed by atoms with Crippen LogP contribution in [0, 0.1) is 11.9 Å². The van der Waals surface area contributed by atoms with Gasteiger partial charge in [-0.2, -0.15) is 4.39 Å². The van der Waals surface area contributed by atoms with Crippen molar-refractivity contribution in [1.82, 2.24) is 9.88 Å². The zero-order valence-corrected chi connectivity index (χ0v) is 11.0. The van der Waals surface area contributed by atoms with Gasteiger partial charge in [-0.05, 0) is 37.3 Å². The Kier molecular flexibility index (Phi) is 3.16. The number of fused-ring (bicyclic) bond motifs is 2. The molecule has 2 aliphatic heterocycles. The number of piperidine rings is 1. The second-order valence-electron chi connectivity index (χ2n) is 5.49. The highest BCUT2D eigenvalue weighted by Crippen LogP contribution is 2.30. The lowest BCUT2D eigenvalue weighted by atomic mass is 9.90. The van der Waals surface area contributed by atoms with E-state index in [4.69, 9.17) is 5.73 Å². The summed E-state index contributed by atoms with van der Waals surface area (Å²) in [7, 11) is 0. The van der Waals surface area contributed by atoms with Gasteiger partial charge in [-0.25, -0.2) is 4.98 Å². The Labute approximate surface area is 116 Å². The van der Waals surface area contributed by atoms with E-state index >= 15 is 0 Å². The summed E-state index contributed by atoms with van der Waals surface area (Å²) in [4.78, 5) is 29.2. The molecule has 0 unspecified atom stereocenters. The van der Waals surface area contributed by atoms with E-state index in [0.717, 1.165) is 12.8 Å². The number of nitrogens with two attached hydrogens (primary N) is 1. The summed E-state index contributed by atoms with van der Waals surface area (Å²) in [5.41, 5.74) is 6.49. The highest BCUT2D eigenvalue weighted by atomic mass is 19.1. The molecule has 5 nitrogen and oxygen atoms in total. The maximum atomic E-state index is 13.2. The molecule has 3 heterocycles. The van der Waals surface area contributed by atoms with Crippen LogP contribution in [0.15, 0.2) is 12.3 Å². The Hall–Kier alpha value is -1.98. The number of hydrogen-bond acceptors (Lipinski definition) is 3. The van der Waals surface area contributed by atoms with Gasteiger partial charge in [0.25, 0.3) is 5.91 Å². The molecule has 2 atom stereocenters. The summed E-state index contributed by atoms with van der Waals surface area (Å²) in [6.07, 6.45) is 4.22. The zero-order valence-electron chi connectivity index (χ0n) is 11.0. The number of hydrogen-bond donors (Lipinski definition) is 1. The number of nitrogens with zero attached hydrogens (tertiary/aromatic N) is 2. The third kappa shape index (κ3) is 2.15. The molecule has 2 aliphatic rings. The highest BCUT2D eigenvalue weighted by molar-refractivity contribution is 5.96. The van der Waals surface area contributed by atoms with E-state index in [0.29, 0.717) is 30.5 Å². The van der Waals surface area contributed by atoms with Gasteiger partial charge in [0.05, 0.1) is 11.5 Å². The smallest absolute Gasteiger partial charge is 0.255 e. The van der Waals surface area contributed by atoms with Crippen LogP contribution >= 0.6 is 0 Å². The molecular formula is C14H16FN3O2. The number of primary amides is 1. The average molecular weight is 277 g/mol. The van der Waals surface area contributed by atoms with Gasteiger partial charge < -0.3 is 10.6 Å². The second-order valence-corrected chi connectivity index (χ2v) is 5.49. The van der Waals surface area contributed by atoms with Crippen LogP contribution in [0.1, 0.15) is 35.2 Å². The fourth-order valence-corrected chi connectivity index (χ4v) is 3.15. The SMILES string of the molecule is NC(=O)[C@H]1CC[C@H]2CCc3cc(F)ncc3C(=O)N2C1. The van der Waals surface area contributed by atoms with Crippen molar-refractivity contribution in [2.75, 3.05) is 6.54 Å². The minimum Gasteiger partial charge on any atom is -0.369 e. The summed E-state index contributed by atoms with van der Waals surface area (Å²) in [6, 6.07) is 1.44. The third-order valence-electron chi connectivity index (χ3n) is 4.30. The number of carbonyl (C=O) groups excluding carboxylic acids is 2. The van der Waals surface area contributed by atoms with Crippen LogP contribution < -0.4 is 5.73 Å². The fourth-order valence-electron chi connectivity index (χ4n) is 3.15. The largest absolute Gasteiger partial charge is 0.369 e. The number of pyridine rings is 1. The summed E-state index contributed by atoms with van der Waals surface area (Å²) >= 11 is 0. The van der Waals surface area contributed by atoms with E-state index in [1.807, 2.05) is 0 Å². The van der Waals surface area contributed by atoms with Crippen molar-refractivity contribution in [2.45, 2.75) is 31.7 Å². The molecule has 0 aromatic carbocycles. The van der Waals surface area contributed by atoms with Gasteiger partial charge in [0.2, 0.25) is 11.9 Å². The van der Waals surface area contributed by atoms with Gasteiger partial charge in [0, 0.05) is 18.8 Å². The van der Waals surface area contributed by atoms with Crippen LogP contribution in [0.3, 0.4) is 0 Å². The van der Waals surface area contributed by atoms with Crippen LogP contribution in [0.5, 0.6) is 0 Å². The van der Waals surface area contributed by atoms with Crippen LogP contribution in [-0.2, 0) is 11.2 Å². The van der Waals surface area contributed by atoms with Crippen molar-refractivity contribution < 1.29 is 14.0 Å². The standard InChI is InChI=1S/C14H16FN3O2/c15-12-5-8-1-3-10-4-2-9(13(16)19)7-18(10)14(20)11(8)6-17-12/h5-6,9-10H,1-4,7H2,(H2,16,19)/t9-,10+/m0/s1. The van der Waals surface area contributed by atoms with Crippen molar-refractivity contribution in [2.24, 2.45) is 11.7 Å². The van der Waals surface area contributed by atoms with Crippen LogP contribution in [0.25, 0.3) is 0 Å². The second kappa shape index (κ2) is 4.85. The fraction of sp³-hybridized carbons (Fsp3) is 0.500. The minimum atomic E-state index is -0.563. The first kappa shape index (κ1) is 13.0. The molecular weight excluding hydrogens is 261 g/mol. The van der Waals surface area contributed by atoms with Gasteiger partial charge in [-0.3, -0.25) is 9.59 Å². The van der Waals surface area contributed by atoms with E-state index in [-0.39, 0.29) is 23.8 Å². The average Bonchev–Trinajstić information content (AvgIpc) is 2.56. The molecule has 0 bridgehead atoms. The highest BCUT2D eigenvalue weighted by Gasteiger charge is 2.36. The van der Waals surface area contributed by atoms with Crippen molar-refractivity contribution in [3.8, 4) is 0 Å². The molecule has 1 aromatic heterocycles. The molecule has 1 saturated heterocycles. The van der Waals surface area contributed by atoms with E-state index in [9.17, 15) is 14.0 Å². The Morgan fingerprint density at radius 1 is 1.40 bits per heavy atom. The monoisotopic (exact) mass is 277 g/mol. The molecule has 0 saturated carbocycles. The van der Waals surface area contributed by atoms with Crippen LogP contribution in [0.2, 0.25) is 0 Å². The summed E-state index contributed by atoms with van der Waals surface area (Å²) in [6.45, 7) is 0.357. The maximum Gasteiger partial charge on any atom is 0.255 e. The molecule has 0 spiro atoms. The lowest BCUT2D eigenvalue weighted by Crippen LogP contribution is -2.49. The zero-order chi connectivity index (χ0) is 14.3. The quantitative estimate of drug-likeness (QED) is 0.774. The molecule has 2 amide bonds. The molecule has 1 fully saturated rings. The van der Waals surface area contributed by atoms with Crippen molar-refractivity contribution in [3.05, 3.63) is 29.3 Å². The summed E-state index contributed by atoms with van der Waals surface area (Å²) in [5.74, 6) is -1.38. The predicted molar refractivity (Wildman–Crippen MR) is 69.3 cm³/mol. The summed E-state index contributed by atoms with van der Waals surface area (Å²) < 4.78 is 13.2. The normalized spacial score (nSPS) is 25.6. The number of rotatable bonds is 1. The van der Waals surface area contributed by atoms with Crippen molar-refractivity contribution in [1.29, 1.82) is 0 Å². The summed E-state index contributed by atoms with van der Waals surface area (Å²) in [5, 5.41) is 0. The maximum absolute atomic E-state index is 13.2. The number of carbonyl (C=O) groups is 2. The third-order valence-corrected chi connectivity index (χ3v) is 4.30. The lowest BCUT2D eigenvalue weighted by molar-refractivity contribution is -0.123. The topological polar surface area (TPSA) is 76.3 Å². The van der Waals surface area contributed by atoms with Gasteiger partial charge in [0.1, 0.15) is 0 Å². The predicted octanol–water partition coefficient (Wildman–Crippen LogP) is 0.873. The lowest BCUT2D eigenvalue weighted by Gasteiger charge is -2.37. The Balaban J connectivity index is 1.93. The molecule has 6 heteroatoms. The molecule has 0 aliphatic carbocycles. The molecule has 20 heavy (non-hydrogen) atoms. The number of aryl methyl sites for hydroxylation is 1. The molecule has 2 N–H and O–H groups in total. The molecule has 1 aromatic rings. The Bertz CT molecular complexity index is 576. The van der Waals surface area contributed by atoms with E-state index in [1.54, 1.807) is 4.90 Å². The van der Waals surface area contributed by atoms with Gasteiger partial charge in [-0.15, -0.1) is 0 Å². The number of amides is 2. The molecule has 106 valence electrons. The van der Waals surface area contributed by atoms with Crippen LogP contribution in [0.4, 0.5) is 4.39 Å². The van der Waals surface area contributed by atoms with Gasteiger partial charge >= 0.3 is 0 Å². The Morgan fingerprint density at radius 3 is 2.95 bits per heavy atom. The van der Waals surface area contributed by atoms with Crippen molar-refractivity contribution >= 4 is 11.8 Å². The van der Waals surface area contributed by atoms with E-state index in [2.05, 4.69) is 4.98 Å².